The number of esters is 1. The Balaban J connectivity index is 1.64. The average Bonchev–Trinajstić information content (AvgIpc) is 2.94. The van der Waals surface area contributed by atoms with E-state index in [2.05, 4.69) is 5.32 Å². The summed E-state index contributed by atoms with van der Waals surface area (Å²) >= 11 is 0. The van der Waals surface area contributed by atoms with Crippen LogP contribution >= 0.6 is 0 Å². The predicted molar refractivity (Wildman–Crippen MR) is 140 cm³/mol. The molecule has 0 saturated carbocycles. The lowest BCUT2D eigenvalue weighted by Crippen LogP contribution is -2.57. The highest BCUT2D eigenvalue weighted by Gasteiger charge is 2.40. The van der Waals surface area contributed by atoms with Crippen molar-refractivity contribution in [2.75, 3.05) is 12.0 Å². The van der Waals surface area contributed by atoms with Gasteiger partial charge < -0.3 is 19.7 Å². The second kappa shape index (κ2) is 12.1. The molecule has 3 atom stereocenters. The summed E-state index contributed by atoms with van der Waals surface area (Å²) in [5.41, 5.74) is 1.62. The minimum Gasteiger partial charge on any atom is -0.464 e. The number of halogens is 3. The molecule has 0 saturated heterocycles. The fourth-order valence-corrected chi connectivity index (χ4v) is 4.64. The van der Waals surface area contributed by atoms with Crippen LogP contribution in [0.4, 0.5) is 23.7 Å². The maximum Gasteiger partial charge on any atom is 0.416 e. The third kappa shape index (κ3) is 6.79. The number of alkyl halides is 3. The van der Waals surface area contributed by atoms with E-state index < -0.39 is 30.0 Å². The number of carbonyl (C=O) groups is 2. The second-order valence-corrected chi connectivity index (χ2v) is 9.32. The van der Waals surface area contributed by atoms with Crippen molar-refractivity contribution in [3.8, 4) is 0 Å². The largest absolute Gasteiger partial charge is 0.464 e. The van der Waals surface area contributed by atoms with E-state index in [1.807, 2.05) is 67.6 Å². The van der Waals surface area contributed by atoms with Crippen LogP contribution in [-0.4, -0.2) is 25.3 Å². The molecule has 0 aliphatic carbocycles. The first-order valence-electron chi connectivity index (χ1n) is 12.4. The zero-order valence-corrected chi connectivity index (χ0v) is 21.5. The smallest absolute Gasteiger partial charge is 0.416 e. The van der Waals surface area contributed by atoms with Gasteiger partial charge in [-0.25, -0.2) is 9.59 Å². The van der Waals surface area contributed by atoms with Gasteiger partial charge in [0.1, 0.15) is 18.5 Å². The van der Waals surface area contributed by atoms with Gasteiger partial charge in [-0.05, 0) is 53.8 Å². The molecule has 0 radical (unpaired) electrons. The number of methoxy groups -OCH3 is 1. The molecular weight excluding hydrogens is 509 g/mol. The molecule has 0 bridgehead atoms. The Kier molecular flexibility index (Phi) is 8.59. The summed E-state index contributed by atoms with van der Waals surface area (Å²) in [6.45, 7) is 1.98. The van der Waals surface area contributed by atoms with Gasteiger partial charge in [0.25, 0.3) is 0 Å². The van der Waals surface area contributed by atoms with Gasteiger partial charge in [0.05, 0.1) is 12.7 Å². The predicted octanol–water partition coefficient (Wildman–Crippen LogP) is 6.33. The maximum atomic E-state index is 13.0. The Labute approximate surface area is 225 Å². The first-order valence-corrected chi connectivity index (χ1v) is 12.4. The summed E-state index contributed by atoms with van der Waals surface area (Å²) in [4.78, 5) is 27.6. The average molecular weight is 539 g/mol. The number of nitrogens with zero attached hydrogens (tertiary/aromatic N) is 1. The van der Waals surface area contributed by atoms with Crippen LogP contribution < -0.4 is 10.2 Å². The number of allylic oxidation sites excluding steroid dienone is 1. The van der Waals surface area contributed by atoms with Crippen LogP contribution in [0.25, 0.3) is 0 Å². The van der Waals surface area contributed by atoms with Gasteiger partial charge in [0.15, 0.2) is 0 Å². The summed E-state index contributed by atoms with van der Waals surface area (Å²) in [7, 11) is 1.27. The number of hydrogen-bond donors (Lipinski definition) is 1. The zero-order valence-electron chi connectivity index (χ0n) is 21.5. The molecule has 1 N–H and O–H groups in total. The van der Waals surface area contributed by atoms with Crippen molar-refractivity contribution in [1.29, 1.82) is 0 Å². The normalized spacial score (nSPS) is 19.2. The van der Waals surface area contributed by atoms with E-state index in [9.17, 15) is 22.8 Å². The molecule has 1 amide bonds. The highest BCUT2D eigenvalue weighted by Crippen LogP contribution is 2.37. The summed E-state index contributed by atoms with van der Waals surface area (Å²) in [6.07, 6.45) is -3.71. The second-order valence-electron chi connectivity index (χ2n) is 9.32. The van der Waals surface area contributed by atoms with E-state index in [-0.39, 0.29) is 24.1 Å². The van der Waals surface area contributed by atoms with Crippen LogP contribution in [0.1, 0.15) is 23.6 Å². The van der Waals surface area contributed by atoms with Crippen molar-refractivity contribution >= 4 is 17.7 Å². The fourth-order valence-electron chi connectivity index (χ4n) is 4.64. The molecule has 204 valence electrons. The van der Waals surface area contributed by atoms with Crippen molar-refractivity contribution in [3.63, 3.8) is 0 Å². The van der Waals surface area contributed by atoms with E-state index in [4.69, 9.17) is 9.47 Å². The van der Waals surface area contributed by atoms with Gasteiger partial charge >= 0.3 is 18.2 Å². The van der Waals surface area contributed by atoms with Crippen LogP contribution in [0.2, 0.25) is 0 Å². The van der Waals surface area contributed by atoms with Crippen molar-refractivity contribution in [2.45, 2.75) is 32.3 Å². The van der Waals surface area contributed by atoms with Gasteiger partial charge in [0, 0.05) is 11.6 Å². The molecule has 3 aromatic rings. The van der Waals surface area contributed by atoms with Crippen molar-refractivity contribution in [2.24, 2.45) is 11.8 Å². The Morgan fingerprint density at radius 3 is 2.10 bits per heavy atom. The van der Waals surface area contributed by atoms with Gasteiger partial charge in [-0.3, -0.25) is 0 Å². The molecule has 0 unspecified atom stereocenters. The third-order valence-electron chi connectivity index (χ3n) is 6.74. The summed E-state index contributed by atoms with van der Waals surface area (Å²) < 4.78 is 49.7. The summed E-state index contributed by atoms with van der Waals surface area (Å²) in [6, 6.07) is 23.3. The highest BCUT2D eigenvalue weighted by atomic mass is 19.4. The Hall–Kier alpha value is -4.27. The lowest BCUT2D eigenvalue weighted by atomic mass is 9.81. The Morgan fingerprint density at radius 1 is 0.897 bits per heavy atom. The van der Waals surface area contributed by atoms with Crippen molar-refractivity contribution < 1.29 is 32.2 Å². The molecule has 3 aromatic carbocycles. The Morgan fingerprint density at radius 2 is 1.51 bits per heavy atom. The minimum absolute atomic E-state index is 0.0633. The van der Waals surface area contributed by atoms with E-state index in [1.165, 1.54) is 19.2 Å². The van der Waals surface area contributed by atoms with Crippen LogP contribution in [0.15, 0.2) is 96.7 Å². The molecule has 0 fully saturated rings. The van der Waals surface area contributed by atoms with Crippen molar-refractivity contribution in [3.05, 3.63) is 113 Å². The number of amides is 1. The van der Waals surface area contributed by atoms with Crippen LogP contribution in [0, 0.1) is 11.8 Å². The standard InChI is InChI=1S/C30H29F3N2O4/c1-20-23(17-21-13-15-24(16-14-21)30(31,32)33)18-26(28(36)38-2)35(25-11-7-4-8-12-25)27(20)34-29(37)39-19-22-9-5-3-6-10-22/h3-16,18,20,23,27H,17,19H2,1-2H3,(H,34,37)/t20-,23+,27-/m1/s1. The molecule has 6 nitrogen and oxygen atoms in total. The monoisotopic (exact) mass is 538 g/mol. The van der Waals surface area contributed by atoms with Crippen LogP contribution in [0.5, 0.6) is 0 Å². The molecule has 1 heterocycles. The fraction of sp³-hybridized carbons (Fsp3) is 0.267. The van der Waals surface area contributed by atoms with E-state index in [1.54, 1.807) is 11.0 Å². The van der Waals surface area contributed by atoms with Gasteiger partial charge in [0.2, 0.25) is 0 Å². The molecular formula is C30H29F3N2O4. The maximum absolute atomic E-state index is 13.0. The lowest BCUT2D eigenvalue weighted by molar-refractivity contribution is -0.138. The zero-order chi connectivity index (χ0) is 28.0. The molecule has 0 spiro atoms. The number of carbonyl (C=O) groups excluding carboxylic acids is 2. The molecule has 39 heavy (non-hydrogen) atoms. The quantitative estimate of drug-likeness (QED) is 0.356. The SMILES string of the molecule is COC(=O)C1=C[C@H](Cc2ccc(C(F)(F)F)cc2)[C@@H](C)[C@H](NC(=O)OCc2ccccc2)N1c1ccccc1. The van der Waals surface area contributed by atoms with Crippen LogP contribution in [-0.2, 0) is 33.5 Å². The van der Waals surface area contributed by atoms with E-state index in [0.717, 1.165) is 17.7 Å². The summed E-state index contributed by atoms with van der Waals surface area (Å²) in [5.74, 6) is -1.19. The number of benzene rings is 3. The van der Waals surface area contributed by atoms with Crippen molar-refractivity contribution in [1.82, 2.24) is 5.32 Å². The van der Waals surface area contributed by atoms with E-state index >= 15 is 0 Å². The number of hydrogen-bond acceptors (Lipinski definition) is 5. The third-order valence-corrected chi connectivity index (χ3v) is 6.74. The first kappa shape index (κ1) is 27.8. The number of ether oxygens (including phenoxy) is 2. The topological polar surface area (TPSA) is 67.9 Å². The highest BCUT2D eigenvalue weighted by molar-refractivity contribution is 5.93. The molecule has 4 rings (SSSR count). The molecule has 9 heteroatoms. The van der Waals surface area contributed by atoms with Gasteiger partial charge in [-0.1, -0.05) is 67.6 Å². The summed E-state index contributed by atoms with van der Waals surface area (Å²) in [5, 5.41) is 2.91. The number of alkyl carbamates (subject to hydrolysis) is 1. The van der Waals surface area contributed by atoms with Gasteiger partial charge in [-0.2, -0.15) is 13.2 Å². The molecule has 1 aliphatic heterocycles. The number of para-hydroxylation sites is 1. The van der Waals surface area contributed by atoms with E-state index in [0.29, 0.717) is 17.7 Å². The minimum atomic E-state index is -4.43. The lowest BCUT2D eigenvalue weighted by Gasteiger charge is -2.44. The van der Waals surface area contributed by atoms with Crippen LogP contribution in [0.3, 0.4) is 0 Å². The molecule has 0 aromatic heterocycles. The Bertz CT molecular complexity index is 1300. The number of rotatable bonds is 7. The molecule has 1 aliphatic rings. The van der Waals surface area contributed by atoms with Gasteiger partial charge in [-0.15, -0.1) is 0 Å². The first-order chi connectivity index (χ1) is 18.7. The number of anilines is 1. The number of nitrogens with one attached hydrogen (secondary N) is 1.